The number of aromatic nitrogens is 3. The van der Waals surface area contributed by atoms with Gasteiger partial charge in [0.15, 0.2) is 0 Å². The molecule has 7 heteroatoms. The van der Waals surface area contributed by atoms with Crippen molar-refractivity contribution < 1.29 is 9.13 Å². The highest BCUT2D eigenvalue weighted by molar-refractivity contribution is 9.10. The van der Waals surface area contributed by atoms with Gasteiger partial charge >= 0.3 is 0 Å². The van der Waals surface area contributed by atoms with Crippen molar-refractivity contribution in [1.82, 2.24) is 14.8 Å². The number of nitrogens with one attached hydrogen (secondary N) is 1. The highest BCUT2D eigenvalue weighted by Gasteiger charge is 2.19. The minimum atomic E-state index is -0.290. The Balaban J connectivity index is 1.67. The molecule has 0 atom stereocenters. The van der Waals surface area contributed by atoms with Crippen LogP contribution in [0.3, 0.4) is 0 Å². The highest BCUT2D eigenvalue weighted by Crippen LogP contribution is 2.30. The van der Waals surface area contributed by atoms with E-state index in [2.05, 4.69) is 26.1 Å². The number of benzene rings is 2. The first-order valence-electron chi connectivity index (χ1n) is 8.74. The van der Waals surface area contributed by atoms with Gasteiger partial charge in [-0.1, -0.05) is 42.5 Å². The molecule has 2 aromatic heterocycles. The molecule has 1 N–H and O–H groups in total. The first kappa shape index (κ1) is 18.6. The molecule has 0 aliphatic heterocycles. The molecule has 5 nitrogen and oxygen atoms in total. The number of hydrogen-bond donors (Lipinski definition) is 1. The first-order chi connectivity index (χ1) is 13.6. The van der Waals surface area contributed by atoms with Gasteiger partial charge in [0.25, 0.3) is 5.56 Å². The molecule has 142 valence electrons. The zero-order chi connectivity index (χ0) is 19.5. The third-order valence-electron chi connectivity index (χ3n) is 4.54. The Bertz CT molecular complexity index is 1150. The lowest BCUT2D eigenvalue weighted by molar-refractivity contribution is 0.0654. The van der Waals surface area contributed by atoms with Crippen LogP contribution < -0.4 is 5.56 Å². The summed E-state index contributed by atoms with van der Waals surface area (Å²) < 4.78 is 21.7. The van der Waals surface area contributed by atoms with Crippen LogP contribution in [0.15, 0.2) is 70.2 Å². The van der Waals surface area contributed by atoms with Crippen molar-refractivity contribution in [2.45, 2.75) is 19.8 Å². The average Bonchev–Trinajstić information content (AvgIpc) is 2.97. The van der Waals surface area contributed by atoms with Gasteiger partial charge in [0.1, 0.15) is 12.5 Å². The molecule has 0 amide bonds. The molecule has 0 saturated carbocycles. The maximum Gasteiger partial charge on any atom is 0.273 e. The Morgan fingerprint density at radius 1 is 1.07 bits per heavy atom. The van der Waals surface area contributed by atoms with Gasteiger partial charge in [0.2, 0.25) is 0 Å². The van der Waals surface area contributed by atoms with Crippen molar-refractivity contribution in [1.29, 1.82) is 0 Å². The Morgan fingerprint density at radius 2 is 1.82 bits per heavy atom. The summed E-state index contributed by atoms with van der Waals surface area (Å²) in [6.45, 7) is 0.720. The zero-order valence-corrected chi connectivity index (χ0v) is 16.4. The number of halogens is 2. The van der Waals surface area contributed by atoms with Crippen LogP contribution in [0, 0.1) is 5.82 Å². The Hall–Kier alpha value is -2.77. The molecule has 0 unspecified atom stereocenters. The van der Waals surface area contributed by atoms with E-state index in [9.17, 15) is 9.18 Å². The number of H-pyrrole nitrogens is 1. The predicted molar refractivity (Wildman–Crippen MR) is 108 cm³/mol. The topological polar surface area (TPSA) is 59.9 Å². The fourth-order valence-corrected chi connectivity index (χ4v) is 3.81. The van der Waals surface area contributed by atoms with Gasteiger partial charge in [-0.25, -0.2) is 9.49 Å². The van der Waals surface area contributed by atoms with Crippen molar-refractivity contribution in [3.05, 3.63) is 98.3 Å². The van der Waals surface area contributed by atoms with Gasteiger partial charge < -0.3 is 9.30 Å². The van der Waals surface area contributed by atoms with E-state index in [1.807, 2.05) is 34.9 Å². The second kappa shape index (κ2) is 8.08. The smallest absolute Gasteiger partial charge is 0.273 e. The van der Waals surface area contributed by atoms with E-state index >= 15 is 0 Å². The van der Waals surface area contributed by atoms with Crippen molar-refractivity contribution >= 4 is 26.8 Å². The molecule has 0 aliphatic rings. The van der Waals surface area contributed by atoms with Crippen molar-refractivity contribution in [2.24, 2.45) is 0 Å². The fraction of sp³-hybridized carbons (Fsp3) is 0.143. The van der Waals surface area contributed by atoms with Crippen LogP contribution in [0.4, 0.5) is 4.39 Å². The number of rotatable bonds is 6. The Morgan fingerprint density at radius 3 is 2.57 bits per heavy atom. The maximum atomic E-state index is 13.2. The quantitative estimate of drug-likeness (QED) is 0.482. The van der Waals surface area contributed by atoms with E-state index in [1.54, 1.807) is 18.3 Å². The predicted octanol–water partition coefficient (Wildman–Crippen LogP) is 4.39. The minimum absolute atomic E-state index is 0.264. The highest BCUT2D eigenvalue weighted by atomic mass is 79.9. The van der Waals surface area contributed by atoms with Crippen LogP contribution in [0.2, 0.25) is 0 Å². The average molecular weight is 442 g/mol. The molecule has 0 aliphatic carbocycles. The fourth-order valence-electron chi connectivity index (χ4n) is 3.18. The molecule has 28 heavy (non-hydrogen) atoms. The van der Waals surface area contributed by atoms with Crippen LogP contribution in [-0.2, 0) is 24.5 Å². The summed E-state index contributed by atoms with van der Waals surface area (Å²) in [7, 11) is 0. The summed E-state index contributed by atoms with van der Waals surface area (Å²) in [4.78, 5) is 12.5. The number of nitrogens with zero attached hydrogens (tertiary/aromatic N) is 2. The van der Waals surface area contributed by atoms with Crippen LogP contribution >= 0.6 is 15.9 Å². The lowest BCUT2D eigenvalue weighted by Crippen LogP contribution is -2.09. The van der Waals surface area contributed by atoms with E-state index in [0.29, 0.717) is 23.9 Å². The third kappa shape index (κ3) is 3.76. The summed E-state index contributed by atoms with van der Waals surface area (Å²) in [5.41, 5.74) is 3.20. The van der Waals surface area contributed by atoms with Gasteiger partial charge in [-0.2, -0.15) is 5.10 Å². The second-order valence-corrected chi connectivity index (χ2v) is 7.17. The molecule has 0 spiro atoms. The van der Waals surface area contributed by atoms with E-state index in [-0.39, 0.29) is 18.1 Å². The summed E-state index contributed by atoms with van der Waals surface area (Å²) in [5, 5.41) is 6.97. The number of fused-ring (bicyclic) bond motifs is 1. The summed E-state index contributed by atoms with van der Waals surface area (Å²) in [6, 6.07) is 16.1. The molecule has 0 fully saturated rings. The first-order valence-corrected chi connectivity index (χ1v) is 9.53. The van der Waals surface area contributed by atoms with Crippen LogP contribution in [0.1, 0.15) is 16.7 Å². The monoisotopic (exact) mass is 441 g/mol. The standard InChI is InChI=1S/C21H17BrFN3O2/c22-20-17(10-14-6-8-16(23)9-7-14)19-18(11-24-25-21(19)27)26(20)13-28-12-15-4-2-1-3-5-15/h1-9,11H,10,12-13H2,(H,25,27). The van der Waals surface area contributed by atoms with E-state index in [0.717, 1.165) is 21.3 Å². The molecular formula is C21H17BrFN3O2. The van der Waals surface area contributed by atoms with E-state index in [1.165, 1.54) is 12.1 Å². The number of hydrogen-bond acceptors (Lipinski definition) is 3. The lowest BCUT2D eigenvalue weighted by atomic mass is 10.1. The second-order valence-electron chi connectivity index (χ2n) is 6.42. The normalized spacial score (nSPS) is 11.2. The molecule has 0 saturated heterocycles. The molecule has 4 rings (SSSR count). The van der Waals surface area contributed by atoms with Gasteiger partial charge in [-0.3, -0.25) is 4.79 Å². The number of aromatic amines is 1. The SMILES string of the molecule is O=c1[nH]ncc2c1c(Cc1ccc(F)cc1)c(Br)n2COCc1ccccc1. The minimum Gasteiger partial charge on any atom is -0.356 e. The van der Waals surface area contributed by atoms with E-state index in [4.69, 9.17) is 4.74 Å². The van der Waals surface area contributed by atoms with Gasteiger partial charge in [0, 0.05) is 12.0 Å². The Labute approximate surface area is 168 Å². The van der Waals surface area contributed by atoms with Crippen LogP contribution in [0.25, 0.3) is 10.9 Å². The largest absolute Gasteiger partial charge is 0.356 e. The van der Waals surface area contributed by atoms with Gasteiger partial charge in [0.05, 0.1) is 28.3 Å². The molecule has 2 aromatic carbocycles. The summed E-state index contributed by atoms with van der Waals surface area (Å²) in [5.74, 6) is -0.290. The maximum absolute atomic E-state index is 13.2. The van der Waals surface area contributed by atoms with Crippen molar-refractivity contribution in [2.75, 3.05) is 0 Å². The molecule has 2 heterocycles. The van der Waals surface area contributed by atoms with Crippen molar-refractivity contribution in [3.8, 4) is 0 Å². The lowest BCUT2D eigenvalue weighted by Gasteiger charge is -2.09. The van der Waals surface area contributed by atoms with Crippen molar-refractivity contribution in [3.63, 3.8) is 0 Å². The van der Waals surface area contributed by atoms with Crippen LogP contribution in [0.5, 0.6) is 0 Å². The van der Waals surface area contributed by atoms with Crippen LogP contribution in [-0.4, -0.2) is 14.8 Å². The Kier molecular flexibility index (Phi) is 5.36. The summed E-state index contributed by atoms with van der Waals surface area (Å²) in [6.07, 6.45) is 2.09. The molecule has 0 radical (unpaired) electrons. The molecule has 4 aromatic rings. The zero-order valence-electron chi connectivity index (χ0n) is 14.9. The van der Waals surface area contributed by atoms with Gasteiger partial charge in [-0.05, 0) is 39.2 Å². The summed E-state index contributed by atoms with van der Waals surface area (Å²) >= 11 is 3.62. The third-order valence-corrected chi connectivity index (χ3v) is 5.45. The van der Waals surface area contributed by atoms with E-state index < -0.39 is 0 Å². The van der Waals surface area contributed by atoms with Gasteiger partial charge in [-0.15, -0.1) is 0 Å². The number of ether oxygens (including phenoxy) is 1. The molecular weight excluding hydrogens is 425 g/mol. The molecule has 0 bridgehead atoms.